The first kappa shape index (κ1) is 16.9. The van der Waals surface area contributed by atoms with Gasteiger partial charge in [-0.1, -0.05) is 19.1 Å². The molecule has 0 heterocycles. The Hall–Kier alpha value is -2.12. The van der Waals surface area contributed by atoms with Crippen molar-refractivity contribution in [3.63, 3.8) is 0 Å². The van der Waals surface area contributed by atoms with Gasteiger partial charge in [-0.05, 0) is 18.9 Å². The summed E-state index contributed by atoms with van der Waals surface area (Å²) in [5.74, 6) is -0.865. The van der Waals surface area contributed by atoms with Crippen LogP contribution >= 0.6 is 0 Å². The summed E-state index contributed by atoms with van der Waals surface area (Å²) < 4.78 is 37.1. The van der Waals surface area contributed by atoms with Crippen molar-refractivity contribution in [1.82, 2.24) is 5.32 Å². The molecule has 1 N–H and O–H groups in total. The van der Waals surface area contributed by atoms with Crippen molar-refractivity contribution in [2.45, 2.75) is 38.9 Å². The summed E-state index contributed by atoms with van der Waals surface area (Å²) in [7, 11) is 0. The highest BCUT2D eigenvalue weighted by Gasteiger charge is 2.33. The lowest BCUT2D eigenvalue weighted by molar-refractivity contribution is -0.385. The Kier molecular flexibility index (Phi) is 5.28. The summed E-state index contributed by atoms with van der Waals surface area (Å²) >= 11 is 0. The SMILES string of the molecule is CC[C@H](CC(F)(F)F)NC(=O)c1c(C)cccc1[N+](=O)[O-]. The van der Waals surface area contributed by atoms with Crippen LogP contribution in [0.2, 0.25) is 0 Å². The average Bonchev–Trinajstić information content (AvgIpc) is 2.35. The van der Waals surface area contributed by atoms with Crippen LogP contribution in [0.25, 0.3) is 0 Å². The normalized spacial score (nSPS) is 12.8. The number of aryl methyl sites for hydroxylation is 1. The van der Waals surface area contributed by atoms with Crippen LogP contribution in [-0.4, -0.2) is 23.0 Å². The second kappa shape index (κ2) is 6.55. The van der Waals surface area contributed by atoms with E-state index in [9.17, 15) is 28.1 Å². The maximum atomic E-state index is 12.4. The molecular weight excluding hydrogens is 289 g/mol. The van der Waals surface area contributed by atoms with Gasteiger partial charge in [0, 0.05) is 12.1 Å². The van der Waals surface area contributed by atoms with Crippen molar-refractivity contribution < 1.29 is 22.9 Å². The Morgan fingerprint density at radius 3 is 2.52 bits per heavy atom. The second-order valence-electron chi connectivity index (χ2n) is 4.62. The third-order valence-electron chi connectivity index (χ3n) is 2.98. The van der Waals surface area contributed by atoms with E-state index < -0.39 is 35.2 Å². The number of carbonyl (C=O) groups is 1. The van der Waals surface area contributed by atoms with E-state index in [0.717, 1.165) is 6.07 Å². The Bertz CT molecular complexity index is 544. The first-order valence-electron chi connectivity index (χ1n) is 6.27. The summed E-state index contributed by atoms with van der Waals surface area (Å²) in [6.45, 7) is 3.00. The topological polar surface area (TPSA) is 72.2 Å². The zero-order valence-corrected chi connectivity index (χ0v) is 11.5. The summed E-state index contributed by atoms with van der Waals surface area (Å²) in [5.41, 5.74) is -0.291. The van der Waals surface area contributed by atoms with Gasteiger partial charge < -0.3 is 5.32 Å². The number of nitro groups is 1. The van der Waals surface area contributed by atoms with Gasteiger partial charge in [-0.3, -0.25) is 14.9 Å². The monoisotopic (exact) mass is 304 g/mol. The average molecular weight is 304 g/mol. The number of hydrogen-bond acceptors (Lipinski definition) is 3. The maximum Gasteiger partial charge on any atom is 0.391 e. The molecule has 1 aromatic carbocycles. The molecule has 0 fully saturated rings. The maximum absolute atomic E-state index is 12.4. The van der Waals surface area contributed by atoms with Crippen molar-refractivity contribution in [3.8, 4) is 0 Å². The molecule has 0 aliphatic heterocycles. The molecule has 1 amide bonds. The van der Waals surface area contributed by atoms with Gasteiger partial charge >= 0.3 is 6.18 Å². The molecule has 0 saturated carbocycles. The number of amides is 1. The molecule has 8 heteroatoms. The molecule has 0 aliphatic carbocycles. The highest BCUT2D eigenvalue weighted by molar-refractivity contribution is 5.99. The lowest BCUT2D eigenvalue weighted by Gasteiger charge is -2.19. The van der Waals surface area contributed by atoms with Crippen LogP contribution in [0.1, 0.15) is 35.7 Å². The van der Waals surface area contributed by atoms with Crippen molar-refractivity contribution in [2.24, 2.45) is 0 Å². The summed E-state index contributed by atoms with van der Waals surface area (Å²) in [5, 5.41) is 13.1. The third-order valence-corrected chi connectivity index (χ3v) is 2.98. The van der Waals surface area contributed by atoms with E-state index in [1.54, 1.807) is 0 Å². The van der Waals surface area contributed by atoms with Crippen molar-refractivity contribution >= 4 is 11.6 Å². The fourth-order valence-corrected chi connectivity index (χ4v) is 1.93. The third kappa shape index (κ3) is 4.73. The van der Waals surface area contributed by atoms with E-state index in [0.29, 0.717) is 5.56 Å². The lowest BCUT2D eigenvalue weighted by Crippen LogP contribution is -2.38. The number of nitrogens with zero attached hydrogens (tertiary/aromatic N) is 1. The van der Waals surface area contributed by atoms with Crippen molar-refractivity contribution in [2.75, 3.05) is 0 Å². The van der Waals surface area contributed by atoms with Crippen LogP contribution in [-0.2, 0) is 0 Å². The molecule has 5 nitrogen and oxygen atoms in total. The van der Waals surface area contributed by atoms with Gasteiger partial charge in [0.1, 0.15) is 5.56 Å². The summed E-state index contributed by atoms with van der Waals surface area (Å²) in [6.07, 6.45) is -5.51. The van der Waals surface area contributed by atoms with E-state index in [1.807, 2.05) is 0 Å². The molecule has 0 aromatic heterocycles. The van der Waals surface area contributed by atoms with Gasteiger partial charge in [0.15, 0.2) is 0 Å². The second-order valence-corrected chi connectivity index (χ2v) is 4.62. The van der Waals surface area contributed by atoms with Crippen LogP contribution < -0.4 is 5.32 Å². The van der Waals surface area contributed by atoms with Crippen LogP contribution in [0.4, 0.5) is 18.9 Å². The molecule has 0 bridgehead atoms. The van der Waals surface area contributed by atoms with Crippen LogP contribution in [0.5, 0.6) is 0 Å². The number of carbonyl (C=O) groups excluding carboxylic acids is 1. The van der Waals surface area contributed by atoms with E-state index in [-0.39, 0.29) is 12.0 Å². The van der Waals surface area contributed by atoms with Gasteiger partial charge in [0.25, 0.3) is 11.6 Å². The molecule has 21 heavy (non-hydrogen) atoms. The van der Waals surface area contributed by atoms with E-state index in [2.05, 4.69) is 5.32 Å². The van der Waals surface area contributed by atoms with E-state index >= 15 is 0 Å². The number of benzene rings is 1. The molecule has 0 radical (unpaired) electrons. The summed E-state index contributed by atoms with van der Waals surface area (Å²) in [4.78, 5) is 22.2. The van der Waals surface area contributed by atoms with Gasteiger partial charge in [-0.15, -0.1) is 0 Å². The highest BCUT2D eigenvalue weighted by atomic mass is 19.4. The molecule has 116 valence electrons. The minimum Gasteiger partial charge on any atom is -0.349 e. The lowest BCUT2D eigenvalue weighted by atomic mass is 10.0. The number of rotatable bonds is 5. The molecule has 0 saturated heterocycles. The predicted octanol–water partition coefficient (Wildman–Crippen LogP) is 3.36. The van der Waals surface area contributed by atoms with E-state index in [1.165, 1.54) is 26.0 Å². The Labute approximate surface area is 119 Å². The van der Waals surface area contributed by atoms with Crippen molar-refractivity contribution in [3.05, 3.63) is 39.4 Å². The number of alkyl halides is 3. The fraction of sp³-hybridized carbons (Fsp3) is 0.462. The van der Waals surface area contributed by atoms with Crippen LogP contribution in [0, 0.1) is 17.0 Å². The highest BCUT2D eigenvalue weighted by Crippen LogP contribution is 2.25. The number of nitrogens with one attached hydrogen (secondary N) is 1. The number of nitro benzene ring substituents is 1. The van der Waals surface area contributed by atoms with Crippen molar-refractivity contribution in [1.29, 1.82) is 0 Å². The minimum atomic E-state index is -4.41. The first-order chi connectivity index (χ1) is 9.65. The molecular formula is C13H15F3N2O3. The molecule has 1 atom stereocenters. The smallest absolute Gasteiger partial charge is 0.349 e. The first-order valence-corrected chi connectivity index (χ1v) is 6.27. The summed E-state index contributed by atoms with van der Waals surface area (Å²) in [6, 6.07) is 2.94. The zero-order chi connectivity index (χ0) is 16.2. The quantitative estimate of drug-likeness (QED) is 0.669. The number of halogens is 3. The minimum absolute atomic E-state index is 0.0743. The van der Waals surface area contributed by atoms with Gasteiger partial charge in [-0.25, -0.2) is 0 Å². The van der Waals surface area contributed by atoms with Gasteiger partial charge in [0.2, 0.25) is 0 Å². The molecule has 0 unspecified atom stereocenters. The number of hydrogen-bond donors (Lipinski definition) is 1. The zero-order valence-electron chi connectivity index (χ0n) is 11.5. The van der Waals surface area contributed by atoms with Gasteiger partial charge in [0.05, 0.1) is 11.3 Å². The molecule has 0 spiro atoms. The van der Waals surface area contributed by atoms with E-state index in [4.69, 9.17) is 0 Å². The molecule has 1 rings (SSSR count). The van der Waals surface area contributed by atoms with Crippen LogP contribution in [0.3, 0.4) is 0 Å². The fourth-order valence-electron chi connectivity index (χ4n) is 1.93. The largest absolute Gasteiger partial charge is 0.391 e. The molecule has 1 aromatic rings. The standard InChI is InChI=1S/C13H15F3N2O3/c1-3-9(7-13(14,15)16)17-12(19)11-8(2)5-4-6-10(11)18(20)21/h4-6,9H,3,7H2,1-2H3,(H,17,19)/t9-/m1/s1. The predicted molar refractivity (Wildman–Crippen MR) is 70.1 cm³/mol. The Morgan fingerprint density at radius 2 is 2.05 bits per heavy atom. The Balaban J connectivity index is 3.01. The molecule has 0 aliphatic rings. The Morgan fingerprint density at radius 1 is 1.43 bits per heavy atom. The van der Waals surface area contributed by atoms with Crippen LogP contribution in [0.15, 0.2) is 18.2 Å². The van der Waals surface area contributed by atoms with Gasteiger partial charge in [-0.2, -0.15) is 13.2 Å².